The van der Waals surface area contributed by atoms with E-state index < -0.39 is 10.0 Å². The Labute approximate surface area is 99.7 Å². The van der Waals surface area contributed by atoms with Crippen molar-refractivity contribution in [1.82, 2.24) is 9.71 Å². The summed E-state index contributed by atoms with van der Waals surface area (Å²) in [6.07, 6.45) is 3.30. The van der Waals surface area contributed by atoms with E-state index in [1.165, 1.54) is 12.3 Å². The Morgan fingerprint density at radius 2 is 2.31 bits per heavy atom. The Kier molecular flexibility index (Phi) is 4.85. The molecule has 5 nitrogen and oxygen atoms in total. The first-order chi connectivity index (χ1) is 7.49. The van der Waals surface area contributed by atoms with E-state index in [9.17, 15) is 8.42 Å². The van der Waals surface area contributed by atoms with Gasteiger partial charge in [-0.05, 0) is 19.2 Å². The molecule has 1 aromatic rings. The van der Waals surface area contributed by atoms with Gasteiger partial charge in [-0.1, -0.05) is 0 Å². The molecule has 0 radical (unpaired) electrons. The summed E-state index contributed by atoms with van der Waals surface area (Å²) in [6.45, 7) is 1.61. The van der Waals surface area contributed by atoms with Crippen molar-refractivity contribution < 1.29 is 13.5 Å². The Hall–Kier alpha value is -0.500. The lowest BCUT2D eigenvalue weighted by Crippen LogP contribution is -2.34. The SMILES string of the molecule is CSCC(C)NS(=O)(=O)c1c[nH]c(CO)c1. The first-order valence-corrected chi connectivity index (χ1v) is 7.66. The summed E-state index contributed by atoms with van der Waals surface area (Å²) in [5.41, 5.74) is 0.484. The molecule has 0 aliphatic rings. The van der Waals surface area contributed by atoms with E-state index in [4.69, 9.17) is 5.11 Å². The molecule has 16 heavy (non-hydrogen) atoms. The van der Waals surface area contributed by atoms with Gasteiger partial charge in [0.15, 0.2) is 0 Å². The third kappa shape index (κ3) is 3.51. The molecule has 1 atom stereocenters. The standard InChI is InChI=1S/C9H16N2O3S2/c1-7(6-15-2)11-16(13,14)9-3-8(5-12)10-4-9/h3-4,7,10-12H,5-6H2,1-2H3. The molecule has 1 unspecified atom stereocenters. The molecule has 7 heteroatoms. The number of nitrogens with one attached hydrogen (secondary N) is 2. The van der Waals surface area contributed by atoms with Crippen LogP contribution < -0.4 is 4.72 Å². The third-order valence-corrected chi connectivity index (χ3v) is 4.37. The number of thioether (sulfide) groups is 1. The van der Waals surface area contributed by atoms with Gasteiger partial charge in [-0.2, -0.15) is 11.8 Å². The van der Waals surface area contributed by atoms with Crippen LogP contribution in [0.4, 0.5) is 0 Å². The fourth-order valence-corrected chi connectivity index (χ4v) is 3.23. The van der Waals surface area contributed by atoms with E-state index in [0.29, 0.717) is 5.69 Å². The zero-order valence-corrected chi connectivity index (χ0v) is 10.9. The topological polar surface area (TPSA) is 82.2 Å². The van der Waals surface area contributed by atoms with Gasteiger partial charge < -0.3 is 10.1 Å². The second kappa shape index (κ2) is 5.72. The molecule has 0 aliphatic carbocycles. The number of aliphatic hydroxyl groups is 1. The number of hydrogen-bond donors (Lipinski definition) is 3. The number of sulfonamides is 1. The average molecular weight is 264 g/mol. The second-order valence-corrected chi connectivity index (χ2v) is 6.12. The van der Waals surface area contributed by atoms with E-state index in [1.807, 2.05) is 13.2 Å². The van der Waals surface area contributed by atoms with Gasteiger partial charge >= 0.3 is 0 Å². The van der Waals surface area contributed by atoms with Crippen LogP contribution in [0.3, 0.4) is 0 Å². The predicted molar refractivity (Wildman–Crippen MR) is 64.9 cm³/mol. The molecule has 3 N–H and O–H groups in total. The van der Waals surface area contributed by atoms with Crippen molar-refractivity contribution in [2.24, 2.45) is 0 Å². The Bertz CT molecular complexity index is 428. The van der Waals surface area contributed by atoms with Gasteiger partial charge in [0.05, 0.1) is 11.5 Å². The fraction of sp³-hybridized carbons (Fsp3) is 0.556. The first-order valence-electron chi connectivity index (χ1n) is 4.79. The summed E-state index contributed by atoms with van der Waals surface area (Å²) in [5, 5.41) is 8.83. The molecule has 0 saturated carbocycles. The summed E-state index contributed by atoms with van der Waals surface area (Å²) in [6, 6.07) is 1.31. The fourth-order valence-electron chi connectivity index (χ4n) is 1.28. The van der Waals surface area contributed by atoms with Crippen LogP contribution in [-0.4, -0.2) is 36.6 Å². The van der Waals surface area contributed by atoms with Crippen molar-refractivity contribution in [1.29, 1.82) is 0 Å². The smallest absolute Gasteiger partial charge is 0.242 e. The highest BCUT2D eigenvalue weighted by Crippen LogP contribution is 2.11. The Morgan fingerprint density at radius 1 is 1.62 bits per heavy atom. The number of aromatic amines is 1. The number of aliphatic hydroxyl groups excluding tert-OH is 1. The predicted octanol–water partition coefficient (Wildman–Crippen LogP) is 0.537. The normalized spacial score (nSPS) is 13.9. The van der Waals surface area contributed by atoms with Gasteiger partial charge in [0, 0.05) is 23.7 Å². The van der Waals surface area contributed by atoms with Crippen LogP contribution in [0.1, 0.15) is 12.6 Å². The lowest BCUT2D eigenvalue weighted by molar-refractivity contribution is 0.277. The maximum absolute atomic E-state index is 11.8. The van der Waals surface area contributed by atoms with Crippen molar-refractivity contribution in [2.45, 2.75) is 24.5 Å². The van der Waals surface area contributed by atoms with Crippen molar-refractivity contribution >= 4 is 21.8 Å². The molecule has 0 spiro atoms. The van der Waals surface area contributed by atoms with Crippen LogP contribution in [0.15, 0.2) is 17.2 Å². The van der Waals surface area contributed by atoms with Gasteiger partial charge in [-0.15, -0.1) is 0 Å². The zero-order chi connectivity index (χ0) is 12.2. The van der Waals surface area contributed by atoms with Gasteiger partial charge in [-0.25, -0.2) is 13.1 Å². The van der Waals surface area contributed by atoms with Gasteiger partial charge in [0.1, 0.15) is 0 Å². The average Bonchev–Trinajstić information content (AvgIpc) is 2.65. The maximum atomic E-state index is 11.8. The highest BCUT2D eigenvalue weighted by molar-refractivity contribution is 7.98. The van der Waals surface area contributed by atoms with Crippen LogP contribution in [-0.2, 0) is 16.6 Å². The molecule has 0 fully saturated rings. The summed E-state index contributed by atoms with van der Waals surface area (Å²) < 4.78 is 26.2. The molecular weight excluding hydrogens is 248 g/mol. The van der Waals surface area contributed by atoms with E-state index in [1.54, 1.807) is 11.8 Å². The van der Waals surface area contributed by atoms with Gasteiger partial charge in [-0.3, -0.25) is 0 Å². The minimum atomic E-state index is -3.48. The molecule has 1 aromatic heterocycles. The summed E-state index contributed by atoms with van der Waals surface area (Å²) in [5.74, 6) is 0.719. The second-order valence-electron chi connectivity index (χ2n) is 3.50. The highest BCUT2D eigenvalue weighted by atomic mass is 32.2. The quantitative estimate of drug-likeness (QED) is 0.700. The Balaban J connectivity index is 2.77. The van der Waals surface area contributed by atoms with E-state index in [2.05, 4.69) is 9.71 Å². The number of rotatable bonds is 6. The van der Waals surface area contributed by atoms with Crippen molar-refractivity contribution in [3.05, 3.63) is 18.0 Å². The van der Waals surface area contributed by atoms with Crippen molar-refractivity contribution in [3.8, 4) is 0 Å². The minimum absolute atomic E-state index is 0.118. The largest absolute Gasteiger partial charge is 0.390 e. The molecule has 1 heterocycles. The molecule has 92 valence electrons. The summed E-state index contributed by atoms with van der Waals surface area (Å²) in [4.78, 5) is 2.85. The first kappa shape index (κ1) is 13.6. The van der Waals surface area contributed by atoms with Crippen molar-refractivity contribution in [3.63, 3.8) is 0 Å². The number of aromatic nitrogens is 1. The highest BCUT2D eigenvalue weighted by Gasteiger charge is 2.18. The van der Waals surface area contributed by atoms with Crippen molar-refractivity contribution in [2.75, 3.05) is 12.0 Å². The summed E-state index contributed by atoms with van der Waals surface area (Å²) in [7, 11) is -3.48. The lowest BCUT2D eigenvalue weighted by atomic mass is 10.4. The van der Waals surface area contributed by atoms with E-state index in [-0.39, 0.29) is 17.5 Å². The van der Waals surface area contributed by atoms with Crippen LogP contribution >= 0.6 is 11.8 Å². The van der Waals surface area contributed by atoms with E-state index >= 15 is 0 Å². The van der Waals surface area contributed by atoms with Crippen LogP contribution in [0, 0.1) is 0 Å². The van der Waals surface area contributed by atoms with Crippen LogP contribution in [0.2, 0.25) is 0 Å². The molecular formula is C9H16N2O3S2. The number of hydrogen-bond acceptors (Lipinski definition) is 4. The Morgan fingerprint density at radius 3 is 2.81 bits per heavy atom. The zero-order valence-electron chi connectivity index (χ0n) is 9.23. The molecule has 1 rings (SSSR count). The monoisotopic (exact) mass is 264 g/mol. The molecule has 0 aliphatic heterocycles. The summed E-state index contributed by atoms with van der Waals surface area (Å²) >= 11 is 1.58. The lowest BCUT2D eigenvalue weighted by Gasteiger charge is -2.11. The molecule has 0 aromatic carbocycles. The molecule has 0 bridgehead atoms. The minimum Gasteiger partial charge on any atom is -0.390 e. The van der Waals surface area contributed by atoms with Gasteiger partial charge in [0.25, 0.3) is 0 Å². The van der Waals surface area contributed by atoms with Crippen LogP contribution in [0.5, 0.6) is 0 Å². The van der Waals surface area contributed by atoms with Gasteiger partial charge in [0.2, 0.25) is 10.0 Å². The number of H-pyrrole nitrogens is 1. The molecule has 0 amide bonds. The molecule has 0 saturated heterocycles. The third-order valence-electron chi connectivity index (χ3n) is 1.97. The van der Waals surface area contributed by atoms with E-state index in [0.717, 1.165) is 5.75 Å². The maximum Gasteiger partial charge on any atom is 0.242 e. The van der Waals surface area contributed by atoms with Crippen LogP contribution in [0.25, 0.3) is 0 Å².